The summed E-state index contributed by atoms with van der Waals surface area (Å²) in [6.45, 7) is 4.28. The van der Waals surface area contributed by atoms with Crippen molar-refractivity contribution in [3.05, 3.63) is 28.8 Å². The number of halogens is 3. The van der Waals surface area contributed by atoms with Gasteiger partial charge in [-0.2, -0.15) is 0 Å². The van der Waals surface area contributed by atoms with Crippen LogP contribution in [0.25, 0.3) is 11.0 Å². The molecule has 1 aromatic heterocycles. The van der Waals surface area contributed by atoms with E-state index in [9.17, 15) is 4.39 Å². The fourth-order valence-electron chi connectivity index (χ4n) is 2.44. The highest BCUT2D eigenvalue weighted by molar-refractivity contribution is 6.31. The van der Waals surface area contributed by atoms with Gasteiger partial charge in [0.2, 0.25) is 0 Å². The van der Waals surface area contributed by atoms with Crippen LogP contribution < -0.4 is 0 Å². The molecule has 0 saturated carbocycles. The molecule has 1 heterocycles. The molecule has 5 heteroatoms. The first-order valence-corrected chi connectivity index (χ1v) is 7.41. The van der Waals surface area contributed by atoms with Gasteiger partial charge in [-0.1, -0.05) is 24.9 Å². The highest BCUT2D eigenvalue weighted by atomic mass is 35.5. The van der Waals surface area contributed by atoms with Gasteiger partial charge in [0, 0.05) is 24.4 Å². The lowest BCUT2D eigenvalue weighted by Crippen LogP contribution is -2.09. The lowest BCUT2D eigenvalue weighted by molar-refractivity contribution is 0.496. The molecule has 19 heavy (non-hydrogen) atoms. The van der Waals surface area contributed by atoms with E-state index >= 15 is 0 Å². The van der Waals surface area contributed by atoms with Gasteiger partial charge in [-0.05, 0) is 19.4 Å². The Kier molecular flexibility index (Phi) is 4.69. The third kappa shape index (κ3) is 2.87. The monoisotopic (exact) mass is 302 g/mol. The van der Waals surface area contributed by atoms with Crippen molar-refractivity contribution in [3.63, 3.8) is 0 Å². The van der Waals surface area contributed by atoms with E-state index in [2.05, 4.69) is 23.4 Å². The number of hydrogen-bond donors (Lipinski definition) is 0. The first kappa shape index (κ1) is 14.6. The number of alkyl halides is 1. The highest BCUT2D eigenvalue weighted by Crippen LogP contribution is 2.28. The second-order valence-corrected chi connectivity index (χ2v) is 5.51. The van der Waals surface area contributed by atoms with Crippen molar-refractivity contribution in [3.8, 4) is 0 Å². The molecule has 0 aliphatic rings. The van der Waals surface area contributed by atoms with Crippen LogP contribution in [0.3, 0.4) is 0 Å². The van der Waals surface area contributed by atoms with Crippen molar-refractivity contribution in [1.82, 2.24) is 9.55 Å². The van der Waals surface area contributed by atoms with Crippen LogP contribution in [0.15, 0.2) is 12.1 Å². The Morgan fingerprint density at radius 1 is 1.42 bits per heavy atom. The van der Waals surface area contributed by atoms with Gasteiger partial charge < -0.3 is 4.57 Å². The number of aromatic nitrogens is 2. The third-order valence-electron chi connectivity index (χ3n) is 3.27. The number of rotatable bonds is 5. The van der Waals surface area contributed by atoms with E-state index in [-0.39, 0.29) is 5.02 Å². The summed E-state index contributed by atoms with van der Waals surface area (Å²) in [6, 6.07) is 3.35. The van der Waals surface area contributed by atoms with E-state index in [4.69, 9.17) is 23.2 Å². The smallest absolute Gasteiger partial charge is 0.144 e. The average molecular weight is 303 g/mol. The Labute approximate surface area is 122 Å². The van der Waals surface area contributed by atoms with E-state index in [0.717, 1.165) is 24.2 Å². The Bertz CT molecular complexity index is 580. The molecule has 0 bridgehead atoms. The maximum absolute atomic E-state index is 13.5. The lowest BCUT2D eigenvalue weighted by atomic mass is 10.2. The second kappa shape index (κ2) is 6.10. The Morgan fingerprint density at radius 3 is 2.79 bits per heavy atom. The van der Waals surface area contributed by atoms with Crippen LogP contribution in [-0.2, 0) is 6.42 Å². The Hall–Kier alpha value is -0.800. The minimum atomic E-state index is -0.431. The van der Waals surface area contributed by atoms with Crippen LogP contribution in [0.1, 0.15) is 38.6 Å². The summed E-state index contributed by atoms with van der Waals surface area (Å²) in [6.07, 6.45) is 2.79. The summed E-state index contributed by atoms with van der Waals surface area (Å²) in [5.74, 6) is 0.963. The molecule has 2 aromatic rings. The molecule has 0 aliphatic heterocycles. The zero-order valence-electron chi connectivity index (χ0n) is 11.1. The number of fused-ring (bicyclic) bond motifs is 1. The van der Waals surface area contributed by atoms with Gasteiger partial charge in [-0.15, -0.1) is 11.6 Å². The van der Waals surface area contributed by atoms with Crippen molar-refractivity contribution in [2.45, 2.75) is 39.2 Å². The fourth-order valence-corrected chi connectivity index (χ4v) is 2.77. The fraction of sp³-hybridized carbons (Fsp3) is 0.500. The summed E-state index contributed by atoms with van der Waals surface area (Å²) < 4.78 is 15.6. The normalized spacial score (nSPS) is 13.1. The van der Waals surface area contributed by atoms with Crippen LogP contribution in [0.4, 0.5) is 4.39 Å². The standard InChI is InChI=1S/C14H17Cl2FN2/c1-3-4-9(2)19-13-7-10(16)11(17)8-12(13)18-14(19)5-6-15/h7-9H,3-6H2,1-2H3. The van der Waals surface area contributed by atoms with Crippen LogP contribution in [0.2, 0.25) is 5.02 Å². The number of benzene rings is 1. The molecule has 104 valence electrons. The number of aryl methyl sites for hydroxylation is 1. The summed E-state index contributed by atoms with van der Waals surface area (Å²) in [7, 11) is 0. The van der Waals surface area contributed by atoms with Gasteiger partial charge >= 0.3 is 0 Å². The molecule has 0 fully saturated rings. The lowest BCUT2D eigenvalue weighted by Gasteiger charge is -2.16. The molecule has 0 spiro atoms. The van der Waals surface area contributed by atoms with E-state index in [0.29, 0.717) is 23.9 Å². The first-order chi connectivity index (χ1) is 9.08. The van der Waals surface area contributed by atoms with Crippen molar-refractivity contribution >= 4 is 34.2 Å². The molecule has 2 rings (SSSR count). The van der Waals surface area contributed by atoms with Gasteiger partial charge in [0.25, 0.3) is 0 Å². The number of nitrogens with zero attached hydrogens (tertiary/aromatic N) is 2. The molecule has 1 aromatic carbocycles. The molecule has 2 nitrogen and oxygen atoms in total. The number of imidazole rings is 1. The largest absolute Gasteiger partial charge is 0.325 e. The van der Waals surface area contributed by atoms with Gasteiger partial charge in [-0.3, -0.25) is 0 Å². The van der Waals surface area contributed by atoms with Crippen LogP contribution in [0.5, 0.6) is 0 Å². The molecule has 0 saturated heterocycles. The third-order valence-corrected chi connectivity index (χ3v) is 3.75. The molecule has 0 N–H and O–H groups in total. The van der Waals surface area contributed by atoms with E-state index < -0.39 is 5.82 Å². The second-order valence-electron chi connectivity index (χ2n) is 4.73. The Balaban J connectivity index is 2.61. The van der Waals surface area contributed by atoms with Crippen molar-refractivity contribution in [1.29, 1.82) is 0 Å². The van der Waals surface area contributed by atoms with Crippen LogP contribution >= 0.6 is 23.2 Å². The van der Waals surface area contributed by atoms with E-state index in [1.807, 2.05) is 0 Å². The molecule has 0 aliphatic carbocycles. The first-order valence-electron chi connectivity index (χ1n) is 6.50. The average Bonchev–Trinajstić information content (AvgIpc) is 2.68. The van der Waals surface area contributed by atoms with Crippen LogP contribution in [-0.4, -0.2) is 15.4 Å². The predicted octanol–water partition coefficient (Wildman–Crippen LogP) is 4.97. The molecule has 0 radical (unpaired) electrons. The van der Waals surface area contributed by atoms with Crippen molar-refractivity contribution in [2.24, 2.45) is 0 Å². The molecule has 1 atom stereocenters. The zero-order chi connectivity index (χ0) is 14.0. The van der Waals surface area contributed by atoms with Gasteiger partial charge in [-0.25, -0.2) is 9.37 Å². The quantitative estimate of drug-likeness (QED) is 0.713. The summed E-state index contributed by atoms with van der Waals surface area (Å²) in [5, 5.41) is 0.134. The van der Waals surface area contributed by atoms with Crippen LogP contribution in [0, 0.1) is 5.82 Å². The highest BCUT2D eigenvalue weighted by Gasteiger charge is 2.17. The van der Waals surface area contributed by atoms with Crippen molar-refractivity contribution < 1.29 is 4.39 Å². The van der Waals surface area contributed by atoms with E-state index in [1.165, 1.54) is 6.07 Å². The zero-order valence-corrected chi connectivity index (χ0v) is 12.6. The summed E-state index contributed by atoms with van der Waals surface area (Å²) in [5.41, 5.74) is 1.53. The SMILES string of the molecule is CCCC(C)n1c(CCCl)nc2cc(F)c(Cl)cc21. The minimum absolute atomic E-state index is 0.134. The molecule has 0 amide bonds. The summed E-state index contributed by atoms with van der Waals surface area (Å²) in [4.78, 5) is 4.49. The summed E-state index contributed by atoms with van der Waals surface area (Å²) >= 11 is 11.7. The molecular formula is C14H17Cl2FN2. The maximum Gasteiger partial charge on any atom is 0.144 e. The Morgan fingerprint density at radius 2 is 2.16 bits per heavy atom. The van der Waals surface area contributed by atoms with Crippen molar-refractivity contribution in [2.75, 3.05) is 5.88 Å². The van der Waals surface area contributed by atoms with E-state index in [1.54, 1.807) is 6.07 Å². The molecule has 1 unspecified atom stereocenters. The topological polar surface area (TPSA) is 17.8 Å². The van der Waals surface area contributed by atoms with Gasteiger partial charge in [0.15, 0.2) is 0 Å². The van der Waals surface area contributed by atoms with Gasteiger partial charge in [0.1, 0.15) is 11.6 Å². The minimum Gasteiger partial charge on any atom is -0.325 e. The number of hydrogen-bond acceptors (Lipinski definition) is 1. The maximum atomic E-state index is 13.5. The van der Waals surface area contributed by atoms with Gasteiger partial charge in [0.05, 0.1) is 16.1 Å². The molecular weight excluding hydrogens is 286 g/mol. The predicted molar refractivity (Wildman–Crippen MR) is 78.7 cm³/mol.